The summed E-state index contributed by atoms with van der Waals surface area (Å²) < 4.78 is 10.3. The highest BCUT2D eigenvalue weighted by Gasteiger charge is 2.23. The molecule has 2 aromatic rings. The highest BCUT2D eigenvalue weighted by atomic mass is 16.5. The summed E-state index contributed by atoms with van der Waals surface area (Å²) in [6.45, 7) is 8.66. The molecule has 0 saturated carbocycles. The zero-order valence-corrected chi connectivity index (χ0v) is 13.3. The van der Waals surface area contributed by atoms with Crippen LogP contribution in [0.15, 0.2) is 10.6 Å². The first-order chi connectivity index (χ1) is 10.3. The fraction of sp³-hybridized carbons (Fsp3) is 0.467. The monoisotopic (exact) mass is 305 g/mol. The molecule has 0 aliphatic rings. The van der Waals surface area contributed by atoms with Crippen LogP contribution in [0.5, 0.6) is 0 Å². The van der Waals surface area contributed by atoms with Crippen LogP contribution in [0, 0.1) is 13.8 Å². The van der Waals surface area contributed by atoms with Gasteiger partial charge in [-0.1, -0.05) is 5.16 Å². The number of rotatable bonds is 4. The quantitative estimate of drug-likeness (QED) is 0.867. The van der Waals surface area contributed by atoms with Crippen LogP contribution < -0.4 is 5.32 Å². The van der Waals surface area contributed by atoms with Gasteiger partial charge in [0.25, 0.3) is 11.6 Å². The smallest absolute Gasteiger partial charge is 0.339 e. The fourth-order valence-electron chi connectivity index (χ4n) is 2.06. The van der Waals surface area contributed by atoms with Crippen LogP contribution in [-0.2, 0) is 9.53 Å². The third-order valence-corrected chi connectivity index (χ3v) is 3.05. The molecule has 2 rings (SSSR count). The molecule has 1 amide bonds. The molecule has 0 fully saturated rings. The molecule has 7 heteroatoms. The molecule has 118 valence electrons. The molecule has 0 saturated heterocycles. The normalized spacial score (nSPS) is 12.5. The number of hydrogen-bond acceptors (Lipinski definition) is 6. The van der Waals surface area contributed by atoms with E-state index in [0.29, 0.717) is 22.3 Å². The summed E-state index contributed by atoms with van der Waals surface area (Å²) in [4.78, 5) is 28.4. The Morgan fingerprint density at radius 1 is 1.27 bits per heavy atom. The van der Waals surface area contributed by atoms with Crippen molar-refractivity contribution in [2.24, 2.45) is 0 Å². The highest BCUT2D eigenvalue weighted by Crippen LogP contribution is 2.22. The summed E-state index contributed by atoms with van der Waals surface area (Å²) in [5.41, 5.74) is 1.73. The molecule has 7 nitrogen and oxygen atoms in total. The van der Waals surface area contributed by atoms with Crippen LogP contribution in [-0.4, -0.2) is 34.2 Å². The number of fused-ring (bicyclic) bond motifs is 1. The van der Waals surface area contributed by atoms with Gasteiger partial charge in [0, 0.05) is 11.7 Å². The number of nitrogens with zero attached hydrogens (tertiary/aromatic N) is 2. The molecule has 0 aromatic carbocycles. The molecular formula is C15H19N3O4. The summed E-state index contributed by atoms with van der Waals surface area (Å²) in [5, 5.41) is 7.01. The second-order valence-corrected chi connectivity index (χ2v) is 5.47. The van der Waals surface area contributed by atoms with Crippen molar-refractivity contribution in [3.63, 3.8) is 0 Å². The van der Waals surface area contributed by atoms with Crippen molar-refractivity contribution in [2.75, 3.05) is 0 Å². The van der Waals surface area contributed by atoms with Crippen molar-refractivity contribution in [1.29, 1.82) is 0 Å². The second kappa shape index (κ2) is 6.13. The van der Waals surface area contributed by atoms with Gasteiger partial charge in [0.15, 0.2) is 6.10 Å². The van der Waals surface area contributed by atoms with E-state index in [0.717, 1.165) is 0 Å². The van der Waals surface area contributed by atoms with Crippen LogP contribution in [0.25, 0.3) is 11.1 Å². The molecule has 1 atom stereocenters. The Kier molecular flexibility index (Phi) is 4.44. The number of carbonyl (C=O) groups excluding carboxylic acids is 2. The first-order valence-electron chi connectivity index (χ1n) is 7.04. The standard InChI is InChI=1S/C15H19N3O4/c1-7(2)16-13(19)10(5)21-15(20)11-6-8(3)17-14-12(11)9(4)18-22-14/h6-7,10H,1-5H3,(H,16,19)/t10-/m1/s1. The zero-order chi connectivity index (χ0) is 16.4. The molecule has 0 aliphatic heterocycles. The minimum Gasteiger partial charge on any atom is -0.449 e. The number of aromatic nitrogens is 2. The van der Waals surface area contributed by atoms with E-state index in [1.165, 1.54) is 6.92 Å². The van der Waals surface area contributed by atoms with Gasteiger partial charge in [0.1, 0.15) is 0 Å². The van der Waals surface area contributed by atoms with E-state index in [1.807, 2.05) is 13.8 Å². The number of ether oxygens (including phenoxy) is 1. The summed E-state index contributed by atoms with van der Waals surface area (Å²) in [5.74, 6) is -0.944. The number of pyridine rings is 1. The van der Waals surface area contributed by atoms with E-state index < -0.39 is 12.1 Å². The van der Waals surface area contributed by atoms with Gasteiger partial charge in [-0.25, -0.2) is 9.78 Å². The Morgan fingerprint density at radius 3 is 2.59 bits per heavy atom. The number of nitrogens with one attached hydrogen (secondary N) is 1. The van der Waals surface area contributed by atoms with Gasteiger partial charge in [-0.2, -0.15) is 0 Å². The second-order valence-electron chi connectivity index (χ2n) is 5.47. The van der Waals surface area contributed by atoms with Gasteiger partial charge in [-0.3, -0.25) is 4.79 Å². The van der Waals surface area contributed by atoms with Crippen molar-refractivity contribution < 1.29 is 18.8 Å². The van der Waals surface area contributed by atoms with Gasteiger partial charge >= 0.3 is 5.97 Å². The van der Waals surface area contributed by atoms with Crippen LogP contribution >= 0.6 is 0 Å². The SMILES string of the molecule is Cc1cc(C(=O)O[C@H](C)C(=O)NC(C)C)c2c(C)noc2n1. The van der Waals surface area contributed by atoms with Crippen LogP contribution in [0.1, 0.15) is 42.5 Å². The molecule has 0 bridgehead atoms. The number of aryl methyl sites for hydroxylation is 2. The first-order valence-corrected chi connectivity index (χ1v) is 7.04. The van der Waals surface area contributed by atoms with Crippen molar-refractivity contribution in [3.8, 4) is 0 Å². The maximum Gasteiger partial charge on any atom is 0.339 e. The Bertz CT molecular complexity index is 721. The van der Waals surface area contributed by atoms with E-state index in [2.05, 4.69) is 15.5 Å². The molecule has 2 aromatic heterocycles. The maximum atomic E-state index is 12.4. The minimum absolute atomic E-state index is 0.0242. The Labute approximate surface area is 128 Å². The number of esters is 1. The van der Waals surface area contributed by atoms with Crippen LogP contribution in [0.2, 0.25) is 0 Å². The summed E-state index contributed by atoms with van der Waals surface area (Å²) in [6, 6.07) is 1.57. The molecule has 0 aliphatic carbocycles. The molecule has 1 N–H and O–H groups in total. The summed E-state index contributed by atoms with van der Waals surface area (Å²) in [7, 11) is 0. The van der Waals surface area contributed by atoms with E-state index in [9.17, 15) is 9.59 Å². The van der Waals surface area contributed by atoms with E-state index >= 15 is 0 Å². The predicted molar refractivity (Wildman–Crippen MR) is 79.4 cm³/mol. The highest BCUT2D eigenvalue weighted by molar-refractivity contribution is 6.04. The first kappa shape index (κ1) is 15.9. The maximum absolute atomic E-state index is 12.4. The van der Waals surface area contributed by atoms with Crippen LogP contribution in [0.4, 0.5) is 0 Å². The summed E-state index contributed by atoms with van der Waals surface area (Å²) in [6.07, 6.45) is -0.890. The lowest BCUT2D eigenvalue weighted by atomic mass is 10.1. The van der Waals surface area contributed by atoms with Gasteiger partial charge in [0.05, 0.1) is 16.6 Å². The molecule has 22 heavy (non-hydrogen) atoms. The van der Waals surface area contributed by atoms with Crippen molar-refractivity contribution in [2.45, 2.75) is 46.8 Å². The number of amides is 1. The average Bonchev–Trinajstić information content (AvgIpc) is 2.78. The summed E-state index contributed by atoms with van der Waals surface area (Å²) >= 11 is 0. The van der Waals surface area contributed by atoms with Crippen molar-refractivity contribution >= 4 is 23.0 Å². The molecule has 0 radical (unpaired) electrons. The van der Waals surface area contributed by atoms with E-state index in [-0.39, 0.29) is 17.7 Å². The largest absolute Gasteiger partial charge is 0.449 e. The third-order valence-electron chi connectivity index (χ3n) is 3.05. The Balaban J connectivity index is 2.26. The van der Waals surface area contributed by atoms with E-state index in [1.54, 1.807) is 19.9 Å². The minimum atomic E-state index is -0.890. The predicted octanol–water partition coefficient (Wildman–Crippen LogP) is 1.91. The lowest BCUT2D eigenvalue weighted by molar-refractivity contribution is -0.129. The van der Waals surface area contributed by atoms with Crippen LogP contribution in [0.3, 0.4) is 0 Å². The van der Waals surface area contributed by atoms with Gasteiger partial charge in [-0.15, -0.1) is 0 Å². The Hall–Kier alpha value is -2.44. The number of hydrogen-bond donors (Lipinski definition) is 1. The molecular weight excluding hydrogens is 286 g/mol. The van der Waals surface area contributed by atoms with Crippen molar-refractivity contribution in [1.82, 2.24) is 15.5 Å². The van der Waals surface area contributed by atoms with E-state index in [4.69, 9.17) is 9.26 Å². The average molecular weight is 305 g/mol. The lowest BCUT2D eigenvalue weighted by Crippen LogP contribution is -2.39. The van der Waals surface area contributed by atoms with Gasteiger partial charge < -0.3 is 14.6 Å². The lowest BCUT2D eigenvalue weighted by Gasteiger charge is -2.15. The van der Waals surface area contributed by atoms with Gasteiger partial charge in [-0.05, 0) is 40.7 Å². The molecule has 0 spiro atoms. The molecule has 0 unspecified atom stereocenters. The fourth-order valence-corrected chi connectivity index (χ4v) is 2.06. The topological polar surface area (TPSA) is 94.3 Å². The Morgan fingerprint density at radius 2 is 1.95 bits per heavy atom. The third kappa shape index (κ3) is 3.24. The van der Waals surface area contributed by atoms with Gasteiger partial charge in [0.2, 0.25) is 0 Å². The zero-order valence-electron chi connectivity index (χ0n) is 13.3. The van der Waals surface area contributed by atoms with Crippen molar-refractivity contribution in [3.05, 3.63) is 23.0 Å². The molecule has 2 heterocycles. The number of carbonyl (C=O) groups is 2.